The van der Waals surface area contributed by atoms with E-state index < -0.39 is 30.4 Å². The topological polar surface area (TPSA) is 213 Å². The summed E-state index contributed by atoms with van der Waals surface area (Å²) in [6.07, 6.45) is 0.629. The third kappa shape index (κ3) is 5.94. The molecule has 5 rings (SSSR count). The number of carbonyl (C=O) groups excluding carboxylic acids is 3. The van der Waals surface area contributed by atoms with Crippen molar-refractivity contribution in [3.63, 3.8) is 0 Å². The van der Waals surface area contributed by atoms with Crippen molar-refractivity contribution in [1.29, 1.82) is 0 Å². The molecule has 2 aliphatic rings. The first-order valence-electron chi connectivity index (χ1n) is 13.4. The van der Waals surface area contributed by atoms with Gasteiger partial charge in [-0.3, -0.25) is 19.0 Å². The van der Waals surface area contributed by atoms with Crippen LogP contribution < -0.4 is 26.8 Å². The fourth-order valence-corrected chi connectivity index (χ4v) is 5.31. The highest BCUT2D eigenvalue weighted by molar-refractivity contribution is 6.30. The second kappa shape index (κ2) is 12.4. The lowest BCUT2D eigenvalue weighted by Crippen LogP contribution is -2.46. The Morgan fingerprint density at radius 3 is 2.69 bits per heavy atom. The van der Waals surface area contributed by atoms with E-state index in [-0.39, 0.29) is 30.9 Å². The third-order valence-corrected chi connectivity index (χ3v) is 7.76. The molecule has 7 N–H and O–H groups in total. The molecule has 2 aliphatic heterocycles. The summed E-state index contributed by atoms with van der Waals surface area (Å²) in [4.78, 5) is 50.9. The molecule has 3 amide bonds. The molecule has 0 radical (unpaired) electrons. The third-order valence-electron chi connectivity index (χ3n) is 7.53. The van der Waals surface area contributed by atoms with Crippen molar-refractivity contribution in [2.45, 2.75) is 43.9 Å². The number of hydrogen-bond donors (Lipinski definition) is 5. The lowest BCUT2D eigenvalue weighted by molar-refractivity contribution is -0.136. The first-order valence-corrected chi connectivity index (χ1v) is 13.8. The summed E-state index contributed by atoms with van der Waals surface area (Å²) in [6.45, 7) is 0.936. The number of anilines is 1. The van der Waals surface area contributed by atoms with Crippen LogP contribution in [-0.4, -0.2) is 92.2 Å². The van der Waals surface area contributed by atoms with Crippen LogP contribution in [0.3, 0.4) is 0 Å². The van der Waals surface area contributed by atoms with Gasteiger partial charge in [0.15, 0.2) is 35.9 Å². The zero-order valence-corrected chi connectivity index (χ0v) is 23.5. The van der Waals surface area contributed by atoms with Crippen molar-refractivity contribution in [1.82, 2.24) is 29.7 Å². The van der Waals surface area contributed by atoms with E-state index in [2.05, 4.69) is 25.6 Å². The summed E-state index contributed by atoms with van der Waals surface area (Å²) in [5.41, 5.74) is 12.8. The van der Waals surface area contributed by atoms with Gasteiger partial charge in [0.2, 0.25) is 5.91 Å². The van der Waals surface area contributed by atoms with Crippen LogP contribution in [0.5, 0.6) is 5.75 Å². The van der Waals surface area contributed by atoms with Crippen molar-refractivity contribution < 1.29 is 29.0 Å². The van der Waals surface area contributed by atoms with Gasteiger partial charge < -0.3 is 41.6 Å². The average Bonchev–Trinajstić information content (AvgIpc) is 3.55. The number of fused-ring (bicyclic) bond motifs is 1. The van der Waals surface area contributed by atoms with Crippen LogP contribution in [0.2, 0.25) is 5.02 Å². The molecule has 4 heterocycles. The van der Waals surface area contributed by atoms with Gasteiger partial charge in [0, 0.05) is 43.2 Å². The Kier molecular flexibility index (Phi) is 8.72. The van der Waals surface area contributed by atoms with Gasteiger partial charge in [-0.15, -0.1) is 0 Å². The lowest BCUT2D eigenvalue weighted by Gasteiger charge is -2.30. The van der Waals surface area contributed by atoms with Crippen LogP contribution >= 0.6 is 11.6 Å². The molecule has 16 heteroatoms. The molecule has 3 aromatic rings. The molecule has 2 fully saturated rings. The molecule has 1 aromatic carbocycles. The quantitative estimate of drug-likeness (QED) is 0.211. The first kappa shape index (κ1) is 29.4. The number of nitrogens with two attached hydrogens (primary N) is 2. The number of imidazole rings is 1. The summed E-state index contributed by atoms with van der Waals surface area (Å²) < 4.78 is 13.1. The molecule has 4 atom stereocenters. The summed E-state index contributed by atoms with van der Waals surface area (Å²) in [7, 11) is 1.46. The Hall–Kier alpha value is -4.05. The maximum atomic E-state index is 12.7. The molecule has 15 nitrogen and oxygen atoms in total. The van der Waals surface area contributed by atoms with Gasteiger partial charge in [0.25, 0.3) is 11.8 Å². The number of halogens is 1. The maximum Gasteiger partial charge on any atom is 0.260 e. The van der Waals surface area contributed by atoms with Gasteiger partial charge in [-0.1, -0.05) is 11.6 Å². The number of hydrogen-bond acceptors (Lipinski definition) is 11. The van der Waals surface area contributed by atoms with Crippen LogP contribution in [0.15, 0.2) is 30.9 Å². The number of likely N-dealkylation sites (tertiary alicyclic amines) is 1. The van der Waals surface area contributed by atoms with Crippen molar-refractivity contribution in [2.24, 2.45) is 17.4 Å². The number of carbonyl (C=O) groups is 3. The number of piperidine rings is 1. The van der Waals surface area contributed by atoms with Crippen molar-refractivity contribution >= 4 is 46.3 Å². The molecule has 0 saturated carbocycles. The highest BCUT2D eigenvalue weighted by Gasteiger charge is 2.46. The Morgan fingerprint density at radius 1 is 1.21 bits per heavy atom. The molecule has 224 valence electrons. The molecule has 0 aliphatic carbocycles. The van der Waals surface area contributed by atoms with Gasteiger partial charge in [-0.2, -0.15) is 0 Å². The summed E-state index contributed by atoms with van der Waals surface area (Å²) in [6, 6.07) is 4.12. The largest absolute Gasteiger partial charge is 0.483 e. The number of rotatable bonds is 9. The number of ether oxygens (including phenoxy) is 2. The van der Waals surface area contributed by atoms with Crippen LogP contribution in [0.25, 0.3) is 11.2 Å². The summed E-state index contributed by atoms with van der Waals surface area (Å²) >= 11 is 6.25. The average molecular weight is 602 g/mol. The molecule has 0 spiro atoms. The van der Waals surface area contributed by atoms with E-state index in [0.717, 1.165) is 0 Å². The van der Waals surface area contributed by atoms with E-state index in [1.54, 1.807) is 23.1 Å². The molecule has 1 unspecified atom stereocenters. The lowest BCUT2D eigenvalue weighted by atomic mass is 9.96. The Balaban J connectivity index is 1.27. The number of amides is 3. The van der Waals surface area contributed by atoms with Crippen LogP contribution in [0.4, 0.5) is 5.82 Å². The van der Waals surface area contributed by atoms with E-state index in [0.29, 0.717) is 59.2 Å². The smallest absolute Gasteiger partial charge is 0.260 e. The molecule has 0 bridgehead atoms. The van der Waals surface area contributed by atoms with Gasteiger partial charge in [-0.05, 0) is 31.0 Å². The fraction of sp³-hybridized carbons (Fsp3) is 0.462. The van der Waals surface area contributed by atoms with E-state index >= 15 is 0 Å². The Bertz CT molecular complexity index is 1480. The van der Waals surface area contributed by atoms with Gasteiger partial charge in [0.1, 0.15) is 18.2 Å². The Morgan fingerprint density at radius 2 is 1.98 bits per heavy atom. The maximum absolute atomic E-state index is 12.7. The number of benzene rings is 1. The minimum Gasteiger partial charge on any atom is -0.483 e. The monoisotopic (exact) mass is 601 g/mol. The molecule has 2 saturated heterocycles. The number of primary amides is 1. The molecular weight excluding hydrogens is 570 g/mol. The van der Waals surface area contributed by atoms with Gasteiger partial charge in [-0.25, -0.2) is 15.0 Å². The van der Waals surface area contributed by atoms with E-state index in [4.69, 9.17) is 32.5 Å². The van der Waals surface area contributed by atoms with Crippen LogP contribution in [-0.2, 0) is 25.7 Å². The number of nitrogens with zero attached hydrogens (tertiary/aromatic N) is 5. The number of nitrogens with one attached hydrogen (secondary N) is 2. The normalized spacial score (nSPS) is 22.7. The van der Waals surface area contributed by atoms with Crippen molar-refractivity contribution in [2.75, 3.05) is 32.1 Å². The number of aromatic nitrogens is 4. The molecule has 2 aromatic heterocycles. The number of likely N-dealkylation sites (N-methyl/N-ethyl adjacent to an activating group) is 1. The molecular formula is C26H32ClN9O6. The van der Waals surface area contributed by atoms with Crippen molar-refractivity contribution in [3.05, 3.63) is 41.4 Å². The minimum atomic E-state index is -1.18. The second-order valence-corrected chi connectivity index (χ2v) is 10.6. The summed E-state index contributed by atoms with van der Waals surface area (Å²) in [5, 5.41) is 16.8. The number of aliphatic hydroxyl groups is 1. The predicted molar refractivity (Wildman–Crippen MR) is 150 cm³/mol. The predicted octanol–water partition coefficient (Wildman–Crippen LogP) is -0.474. The highest BCUT2D eigenvalue weighted by atomic mass is 35.5. The van der Waals surface area contributed by atoms with Gasteiger partial charge in [0.05, 0.1) is 12.4 Å². The zero-order valence-electron chi connectivity index (χ0n) is 22.8. The minimum absolute atomic E-state index is 0.180. The summed E-state index contributed by atoms with van der Waals surface area (Å²) in [5.74, 6) is -0.342. The number of aliphatic hydroxyl groups excluding tert-OH is 1. The SMILES string of the molecule is CNC(=O)[C@H]1O[C@@H](n2cnc3c(NCc4cc(Cl)ccc4OCC(=O)N4CCC(C(N)=O)CC4)ncnc32)[C@H](O)C1N. The van der Waals surface area contributed by atoms with E-state index in [1.165, 1.54) is 24.3 Å². The standard InChI is InChI=1S/C26H32ClN9O6/c1-30-25(40)21-18(28)20(38)26(42-21)36-12-34-19-23(32-11-33-24(19)36)31-9-14-8-15(27)2-3-16(14)41-10-17(37)35-6-4-13(5-7-35)22(29)39/h2-3,8,11-13,18,20-21,26,38H,4-7,9-10,28H2,1H3,(H2,29,39)(H,30,40)(H,31,32,33)/t18?,20-,21+,26-/m1/s1. The zero-order chi connectivity index (χ0) is 30.0. The fourth-order valence-electron chi connectivity index (χ4n) is 5.12. The van der Waals surface area contributed by atoms with Crippen molar-refractivity contribution in [3.8, 4) is 5.75 Å². The first-order chi connectivity index (χ1) is 20.2. The van der Waals surface area contributed by atoms with E-state index in [1.807, 2.05) is 0 Å². The Labute approximate surface area is 245 Å². The second-order valence-electron chi connectivity index (χ2n) is 10.1. The van der Waals surface area contributed by atoms with Crippen LogP contribution in [0.1, 0.15) is 24.6 Å². The van der Waals surface area contributed by atoms with E-state index in [9.17, 15) is 19.5 Å². The molecule has 42 heavy (non-hydrogen) atoms. The highest BCUT2D eigenvalue weighted by Crippen LogP contribution is 2.32. The van der Waals surface area contributed by atoms with Crippen LogP contribution in [0, 0.1) is 5.92 Å². The van der Waals surface area contributed by atoms with Gasteiger partial charge >= 0.3 is 0 Å².